The normalized spacial score (nSPS) is 30.3. The molecule has 1 saturated carbocycles. The summed E-state index contributed by atoms with van der Waals surface area (Å²) in [6, 6.07) is 6.57. The van der Waals surface area contributed by atoms with E-state index in [2.05, 4.69) is 24.3 Å². The van der Waals surface area contributed by atoms with Gasteiger partial charge in [-0.25, -0.2) is 0 Å². The molecule has 0 bridgehead atoms. The van der Waals surface area contributed by atoms with Crippen molar-refractivity contribution in [1.82, 2.24) is 0 Å². The Labute approximate surface area is 107 Å². The zero-order valence-corrected chi connectivity index (χ0v) is 10.5. The molecule has 1 fully saturated rings. The summed E-state index contributed by atoms with van der Waals surface area (Å²) in [5.41, 5.74) is 5.77. The number of hydrogen-bond donors (Lipinski definition) is 0. The molecule has 18 heavy (non-hydrogen) atoms. The second-order valence-electron chi connectivity index (χ2n) is 5.45. The van der Waals surface area contributed by atoms with Crippen molar-refractivity contribution in [3.8, 4) is 0 Å². The Kier molecular flexibility index (Phi) is 2.00. The van der Waals surface area contributed by atoms with Gasteiger partial charge < -0.3 is 4.74 Å². The quantitative estimate of drug-likeness (QED) is 0.743. The highest BCUT2D eigenvalue weighted by molar-refractivity contribution is 5.86. The summed E-state index contributed by atoms with van der Waals surface area (Å²) in [6.07, 6.45) is 4.65. The molecule has 0 amide bonds. The van der Waals surface area contributed by atoms with E-state index in [1.807, 2.05) is 6.92 Å². The molecular weight excluding hydrogens is 224 g/mol. The Morgan fingerprint density at radius 3 is 3.11 bits per heavy atom. The highest BCUT2D eigenvalue weighted by atomic mass is 16.5. The van der Waals surface area contributed by atoms with Gasteiger partial charge in [-0.1, -0.05) is 24.3 Å². The molecule has 2 heteroatoms. The van der Waals surface area contributed by atoms with Crippen LogP contribution in [0.5, 0.6) is 0 Å². The number of fused-ring (bicyclic) bond motifs is 2. The lowest BCUT2D eigenvalue weighted by Gasteiger charge is -2.13. The van der Waals surface area contributed by atoms with Crippen molar-refractivity contribution in [1.29, 1.82) is 0 Å². The summed E-state index contributed by atoms with van der Waals surface area (Å²) in [7, 11) is 0. The lowest BCUT2D eigenvalue weighted by atomic mass is 9.91. The van der Waals surface area contributed by atoms with E-state index in [-0.39, 0.29) is 11.9 Å². The first-order valence-corrected chi connectivity index (χ1v) is 6.80. The van der Waals surface area contributed by atoms with E-state index in [9.17, 15) is 4.79 Å². The van der Waals surface area contributed by atoms with E-state index in [0.717, 1.165) is 6.42 Å². The molecule has 4 rings (SSSR count). The monoisotopic (exact) mass is 240 g/mol. The average molecular weight is 240 g/mol. The van der Waals surface area contributed by atoms with Gasteiger partial charge in [0, 0.05) is 5.92 Å². The fourth-order valence-electron chi connectivity index (χ4n) is 3.78. The number of ether oxygens (including phenoxy) is 1. The van der Waals surface area contributed by atoms with Gasteiger partial charge in [0.05, 0.1) is 12.5 Å². The maximum absolute atomic E-state index is 11.9. The number of carbonyl (C=O) groups excluding carboxylic acids is 1. The average Bonchev–Trinajstić information content (AvgIpc) is 2.96. The first-order chi connectivity index (χ1) is 8.81. The van der Waals surface area contributed by atoms with Crippen LogP contribution in [-0.2, 0) is 16.0 Å². The minimum Gasteiger partial charge on any atom is -0.466 e. The molecule has 92 valence electrons. The molecule has 1 aromatic rings. The van der Waals surface area contributed by atoms with E-state index < -0.39 is 0 Å². The van der Waals surface area contributed by atoms with E-state index in [1.165, 1.54) is 28.7 Å². The van der Waals surface area contributed by atoms with Gasteiger partial charge in [0.1, 0.15) is 0 Å². The molecule has 3 aliphatic carbocycles. The smallest absolute Gasteiger partial charge is 0.310 e. The Balaban J connectivity index is 1.76. The van der Waals surface area contributed by atoms with Crippen LogP contribution in [0.1, 0.15) is 36.0 Å². The van der Waals surface area contributed by atoms with Crippen molar-refractivity contribution in [3.05, 3.63) is 41.0 Å². The lowest BCUT2D eigenvalue weighted by Crippen LogP contribution is -2.08. The van der Waals surface area contributed by atoms with Crippen molar-refractivity contribution in [3.63, 3.8) is 0 Å². The predicted octanol–water partition coefficient (Wildman–Crippen LogP) is 2.92. The van der Waals surface area contributed by atoms with E-state index in [1.54, 1.807) is 0 Å². The maximum atomic E-state index is 11.9. The third kappa shape index (κ3) is 1.21. The molecule has 0 saturated heterocycles. The molecular formula is C16H16O2. The van der Waals surface area contributed by atoms with Gasteiger partial charge in [-0.3, -0.25) is 4.79 Å². The van der Waals surface area contributed by atoms with E-state index >= 15 is 0 Å². The van der Waals surface area contributed by atoms with Crippen LogP contribution in [0, 0.1) is 11.8 Å². The number of carbonyl (C=O) groups is 1. The number of allylic oxidation sites excluding steroid dienone is 2. The highest BCUT2D eigenvalue weighted by Gasteiger charge is 2.58. The molecule has 0 unspecified atom stereocenters. The number of aryl methyl sites for hydroxylation is 1. The van der Waals surface area contributed by atoms with Crippen LogP contribution in [0.4, 0.5) is 0 Å². The zero-order chi connectivity index (χ0) is 12.3. The topological polar surface area (TPSA) is 26.3 Å². The second kappa shape index (κ2) is 3.47. The summed E-state index contributed by atoms with van der Waals surface area (Å²) in [4.78, 5) is 11.9. The Morgan fingerprint density at radius 2 is 2.28 bits per heavy atom. The molecule has 0 N–H and O–H groups in total. The number of esters is 1. The van der Waals surface area contributed by atoms with E-state index in [4.69, 9.17) is 4.74 Å². The van der Waals surface area contributed by atoms with Crippen LogP contribution in [0.2, 0.25) is 0 Å². The number of benzene rings is 1. The Bertz CT molecular complexity index is 570. The van der Waals surface area contributed by atoms with Crippen LogP contribution < -0.4 is 0 Å². The molecule has 1 aromatic carbocycles. The fraction of sp³-hybridized carbons (Fsp3) is 0.438. The first-order valence-electron chi connectivity index (χ1n) is 6.80. The van der Waals surface area contributed by atoms with Crippen molar-refractivity contribution < 1.29 is 9.53 Å². The molecule has 0 aromatic heterocycles. The van der Waals surface area contributed by atoms with Gasteiger partial charge in [0.15, 0.2) is 0 Å². The number of hydrogen-bond acceptors (Lipinski definition) is 2. The largest absolute Gasteiger partial charge is 0.466 e. The number of rotatable bonds is 2. The fourth-order valence-corrected chi connectivity index (χ4v) is 3.78. The summed E-state index contributed by atoms with van der Waals surface area (Å²) in [5.74, 6) is 0.859. The standard InChI is InChI=1S/C16H16O2/c1-2-18-16(17)15-12-8-10-7-6-9-4-3-5-11(13(9)10)14(12)15/h3-5,8,12,14-15H,2,6-7H2,1H3/t12-,14+,15+/m1/s1. The third-order valence-corrected chi connectivity index (χ3v) is 4.55. The van der Waals surface area contributed by atoms with Crippen LogP contribution in [0.3, 0.4) is 0 Å². The van der Waals surface area contributed by atoms with Crippen molar-refractivity contribution in [2.24, 2.45) is 11.8 Å². The van der Waals surface area contributed by atoms with Gasteiger partial charge in [0.2, 0.25) is 0 Å². The SMILES string of the molecule is CCOC(=O)[C@H]1[C@@H]2C=C3CCc4cccc(c43)[C@@H]21. The van der Waals surface area contributed by atoms with E-state index in [0.29, 0.717) is 18.4 Å². The molecule has 0 spiro atoms. The van der Waals surface area contributed by atoms with Crippen LogP contribution in [0.25, 0.3) is 5.57 Å². The summed E-state index contributed by atoms with van der Waals surface area (Å²) in [6.45, 7) is 2.36. The van der Waals surface area contributed by atoms with Crippen molar-refractivity contribution in [2.75, 3.05) is 6.61 Å². The second-order valence-corrected chi connectivity index (χ2v) is 5.45. The minimum absolute atomic E-state index is 0.0121. The molecule has 0 aliphatic heterocycles. The Hall–Kier alpha value is -1.57. The van der Waals surface area contributed by atoms with Crippen molar-refractivity contribution >= 4 is 11.5 Å². The molecule has 0 radical (unpaired) electrons. The minimum atomic E-state index is -0.0121. The first kappa shape index (κ1) is 10.4. The third-order valence-electron chi connectivity index (χ3n) is 4.55. The summed E-state index contributed by atoms with van der Waals surface area (Å²) >= 11 is 0. The van der Waals surface area contributed by atoms with Crippen LogP contribution in [0.15, 0.2) is 24.3 Å². The molecule has 3 atom stereocenters. The maximum Gasteiger partial charge on any atom is 0.310 e. The molecule has 0 heterocycles. The predicted molar refractivity (Wildman–Crippen MR) is 69.1 cm³/mol. The summed E-state index contributed by atoms with van der Waals surface area (Å²) in [5, 5.41) is 0. The van der Waals surface area contributed by atoms with Gasteiger partial charge in [0.25, 0.3) is 0 Å². The lowest BCUT2D eigenvalue weighted by molar-refractivity contribution is -0.145. The zero-order valence-electron chi connectivity index (χ0n) is 10.5. The highest BCUT2D eigenvalue weighted by Crippen LogP contribution is 2.62. The van der Waals surface area contributed by atoms with Gasteiger partial charge in [-0.15, -0.1) is 0 Å². The van der Waals surface area contributed by atoms with Gasteiger partial charge in [-0.2, -0.15) is 0 Å². The van der Waals surface area contributed by atoms with Gasteiger partial charge >= 0.3 is 5.97 Å². The van der Waals surface area contributed by atoms with Gasteiger partial charge in [-0.05, 0) is 47.9 Å². The summed E-state index contributed by atoms with van der Waals surface area (Å²) < 4.78 is 5.19. The Morgan fingerprint density at radius 1 is 1.39 bits per heavy atom. The van der Waals surface area contributed by atoms with Crippen LogP contribution >= 0.6 is 0 Å². The van der Waals surface area contributed by atoms with Crippen LogP contribution in [-0.4, -0.2) is 12.6 Å². The molecule has 3 aliphatic rings. The van der Waals surface area contributed by atoms with Crippen molar-refractivity contribution in [2.45, 2.75) is 25.7 Å². The molecule has 2 nitrogen and oxygen atoms in total.